The van der Waals surface area contributed by atoms with E-state index in [1.807, 2.05) is 43.4 Å². The van der Waals surface area contributed by atoms with Gasteiger partial charge in [0, 0.05) is 25.4 Å². The van der Waals surface area contributed by atoms with Gasteiger partial charge in [-0.05, 0) is 18.2 Å². The van der Waals surface area contributed by atoms with E-state index in [1.165, 1.54) is 11.1 Å². The van der Waals surface area contributed by atoms with Crippen molar-refractivity contribution >= 4 is 5.91 Å². The lowest BCUT2D eigenvalue weighted by Crippen LogP contribution is -2.30. The number of nitrogens with one attached hydrogen (secondary N) is 2. The Kier molecular flexibility index (Phi) is 5.98. The fraction of sp³-hybridized carbons (Fsp3) is 0.278. The molecule has 3 nitrogen and oxygen atoms in total. The molecule has 0 spiro atoms. The molecule has 0 saturated carbocycles. The van der Waals surface area contributed by atoms with E-state index in [9.17, 15) is 4.79 Å². The summed E-state index contributed by atoms with van der Waals surface area (Å²) >= 11 is 0. The Labute approximate surface area is 126 Å². The molecule has 0 aliphatic carbocycles. The van der Waals surface area contributed by atoms with Gasteiger partial charge in [-0.1, -0.05) is 60.7 Å². The van der Waals surface area contributed by atoms with Gasteiger partial charge in [0.15, 0.2) is 0 Å². The van der Waals surface area contributed by atoms with Gasteiger partial charge >= 0.3 is 0 Å². The van der Waals surface area contributed by atoms with Crippen molar-refractivity contribution in [1.29, 1.82) is 0 Å². The monoisotopic (exact) mass is 282 g/mol. The van der Waals surface area contributed by atoms with Gasteiger partial charge in [-0.3, -0.25) is 4.79 Å². The quantitative estimate of drug-likeness (QED) is 0.819. The molecule has 2 N–H and O–H groups in total. The third-order valence-electron chi connectivity index (χ3n) is 3.51. The van der Waals surface area contributed by atoms with Crippen molar-refractivity contribution in [2.24, 2.45) is 0 Å². The van der Waals surface area contributed by atoms with Gasteiger partial charge in [0.2, 0.25) is 5.91 Å². The Hall–Kier alpha value is -2.13. The molecule has 1 amide bonds. The molecular weight excluding hydrogens is 260 g/mol. The number of rotatable bonds is 7. The van der Waals surface area contributed by atoms with Crippen molar-refractivity contribution in [2.75, 3.05) is 20.1 Å². The molecule has 0 radical (unpaired) electrons. The Balaban J connectivity index is 2.09. The van der Waals surface area contributed by atoms with Crippen LogP contribution in [-0.4, -0.2) is 26.0 Å². The molecule has 2 rings (SSSR count). The van der Waals surface area contributed by atoms with Crippen molar-refractivity contribution in [3.63, 3.8) is 0 Å². The fourth-order valence-electron chi connectivity index (χ4n) is 2.34. The highest BCUT2D eigenvalue weighted by atomic mass is 16.1. The average molecular weight is 282 g/mol. The van der Waals surface area contributed by atoms with Crippen LogP contribution in [0.2, 0.25) is 0 Å². The number of carbonyl (C=O) groups is 1. The summed E-state index contributed by atoms with van der Waals surface area (Å²) in [6.45, 7) is 1.32. The molecule has 0 heterocycles. The first-order chi connectivity index (χ1) is 10.3. The first kappa shape index (κ1) is 15.3. The van der Waals surface area contributed by atoms with E-state index in [0.29, 0.717) is 19.5 Å². The first-order valence-electron chi connectivity index (χ1n) is 7.32. The van der Waals surface area contributed by atoms with E-state index in [0.717, 1.165) is 0 Å². The number of hydrogen-bond acceptors (Lipinski definition) is 2. The zero-order valence-electron chi connectivity index (χ0n) is 12.4. The predicted octanol–water partition coefficient (Wildman–Crippen LogP) is 2.54. The number of carbonyl (C=O) groups excluding carboxylic acids is 1. The van der Waals surface area contributed by atoms with Crippen LogP contribution in [0.1, 0.15) is 23.5 Å². The molecule has 0 saturated heterocycles. The summed E-state index contributed by atoms with van der Waals surface area (Å²) in [6.07, 6.45) is 0.507. The maximum Gasteiger partial charge on any atom is 0.221 e. The second kappa shape index (κ2) is 8.22. The van der Waals surface area contributed by atoms with Crippen LogP contribution in [0.4, 0.5) is 0 Å². The van der Waals surface area contributed by atoms with Crippen molar-refractivity contribution in [1.82, 2.24) is 10.6 Å². The Morgan fingerprint density at radius 1 is 0.952 bits per heavy atom. The van der Waals surface area contributed by atoms with Crippen LogP contribution >= 0.6 is 0 Å². The van der Waals surface area contributed by atoms with Crippen LogP contribution in [0, 0.1) is 0 Å². The van der Waals surface area contributed by atoms with E-state index in [1.54, 1.807) is 0 Å². The molecule has 0 atom stereocenters. The minimum Gasteiger partial charge on any atom is -0.355 e. The van der Waals surface area contributed by atoms with E-state index in [4.69, 9.17) is 0 Å². The maximum absolute atomic E-state index is 11.8. The van der Waals surface area contributed by atoms with Crippen molar-refractivity contribution in [2.45, 2.75) is 12.3 Å². The summed E-state index contributed by atoms with van der Waals surface area (Å²) in [5, 5.41) is 6.02. The summed E-state index contributed by atoms with van der Waals surface area (Å²) in [5.74, 6) is 0.271. The molecule has 2 aromatic carbocycles. The van der Waals surface area contributed by atoms with E-state index >= 15 is 0 Å². The molecule has 2 aromatic rings. The van der Waals surface area contributed by atoms with Crippen LogP contribution in [0.5, 0.6) is 0 Å². The number of hydrogen-bond donors (Lipinski definition) is 2. The van der Waals surface area contributed by atoms with Crippen molar-refractivity contribution in [3.05, 3.63) is 71.8 Å². The zero-order chi connectivity index (χ0) is 14.9. The highest BCUT2D eigenvalue weighted by molar-refractivity contribution is 5.76. The zero-order valence-corrected chi connectivity index (χ0v) is 12.4. The van der Waals surface area contributed by atoms with Crippen LogP contribution in [0.3, 0.4) is 0 Å². The van der Waals surface area contributed by atoms with Crippen LogP contribution in [0.15, 0.2) is 60.7 Å². The summed E-state index contributed by atoms with van der Waals surface area (Å²) in [4.78, 5) is 11.8. The van der Waals surface area contributed by atoms with Gasteiger partial charge in [-0.2, -0.15) is 0 Å². The van der Waals surface area contributed by atoms with E-state index < -0.39 is 0 Å². The second-order valence-corrected chi connectivity index (χ2v) is 5.03. The van der Waals surface area contributed by atoms with Gasteiger partial charge in [0.1, 0.15) is 0 Å². The molecule has 0 bridgehead atoms. The molecule has 0 fully saturated rings. The highest BCUT2D eigenvalue weighted by Crippen LogP contribution is 2.23. The summed E-state index contributed by atoms with van der Waals surface area (Å²) < 4.78 is 0. The van der Waals surface area contributed by atoms with Gasteiger partial charge < -0.3 is 10.6 Å². The maximum atomic E-state index is 11.8. The molecule has 0 unspecified atom stereocenters. The lowest BCUT2D eigenvalue weighted by molar-refractivity contribution is -0.121. The second-order valence-electron chi connectivity index (χ2n) is 5.03. The summed E-state index contributed by atoms with van der Waals surface area (Å²) in [7, 11) is 1.85. The third kappa shape index (κ3) is 4.72. The Morgan fingerprint density at radius 2 is 1.48 bits per heavy atom. The van der Waals surface area contributed by atoms with Gasteiger partial charge in [-0.25, -0.2) is 0 Å². The van der Waals surface area contributed by atoms with Crippen LogP contribution in [0.25, 0.3) is 0 Å². The SMILES string of the molecule is CNCCC(=O)NCC(c1ccccc1)c1ccccc1. The van der Waals surface area contributed by atoms with E-state index in [2.05, 4.69) is 34.9 Å². The molecular formula is C18H22N2O. The standard InChI is InChI=1S/C18H22N2O/c1-19-13-12-18(21)20-14-17(15-8-4-2-5-9-15)16-10-6-3-7-11-16/h2-11,17,19H,12-14H2,1H3,(H,20,21). The smallest absolute Gasteiger partial charge is 0.221 e. The fourth-order valence-corrected chi connectivity index (χ4v) is 2.34. The minimum atomic E-state index is 0.0845. The topological polar surface area (TPSA) is 41.1 Å². The van der Waals surface area contributed by atoms with E-state index in [-0.39, 0.29) is 11.8 Å². The molecule has 0 aliphatic rings. The molecule has 0 aliphatic heterocycles. The highest BCUT2D eigenvalue weighted by Gasteiger charge is 2.14. The summed E-state index contributed by atoms with van der Waals surface area (Å²) in [6, 6.07) is 20.6. The minimum absolute atomic E-state index is 0.0845. The molecule has 3 heteroatoms. The third-order valence-corrected chi connectivity index (χ3v) is 3.51. The normalized spacial score (nSPS) is 10.6. The lowest BCUT2D eigenvalue weighted by Gasteiger charge is -2.19. The largest absolute Gasteiger partial charge is 0.355 e. The van der Waals surface area contributed by atoms with Gasteiger partial charge in [0.05, 0.1) is 0 Å². The number of benzene rings is 2. The Bertz CT molecular complexity index is 500. The molecule has 21 heavy (non-hydrogen) atoms. The summed E-state index contributed by atoms with van der Waals surface area (Å²) in [5.41, 5.74) is 2.44. The lowest BCUT2D eigenvalue weighted by atomic mass is 9.91. The molecule has 0 aromatic heterocycles. The van der Waals surface area contributed by atoms with Crippen molar-refractivity contribution in [3.8, 4) is 0 Å². The average Bonchev–Trinajstić information content (AvgIpc) is 2.55. The van der Waals surface area contributed by atoms with Crippen LogP contribution < -0.4 is 10.6 Å². The Morgan fingerprint density at radius 3 is 1.95 bits per heavy atom. The van der Waals surface area contributed by atoms with Gasteiger partial charge in [0.25, 0.3) is 0 Å². The molecule has 110 valence electrons. The number of amides is 1. The van der Waals surface area contributed by atoms with Crippen molar-refractivity contribution < 1.29 is 4.79 Å². The first-order valence-corrected chi connectivity index (χ1v) is 7.32. The predicted molar refractivity (Wildman–Crippen MR) is 86.3 cm³/mol. The van der Waals surface area contributed by atoms with Crippen LogP contribution in [-0.2, 0) is 4.79 Å². The van der Waals surface area contributed by atoms with Gasteiger partial charge in [-0.15, -0.1) is 0 Å².